The van der Waals surface area contributed by atoms with Gasteiger partial charge in [0.05, 0.1) is 12.0 Å². The number of hydrogen-bond donors (Lipinski definition) is 2. The molecule has 1 aliphatic heterocycles. The summed E-state index contributed by atoms with van der Waals surface area (Å²) in [4.78, 5) is 23.6. The number of carbonyl (C=O) groups excluding carboxylic acids is 2. The van der Waals surface area contributed by atoms with Gasteiger partial charge in [0.15, 0.2) is 0 Å². The Morgan fingerprint density at radius 2 is 2.14 bits per heavy atom. The average molecular weight is 290 g/mol. The zero-order chi connectivity index (χ0) is 15.6. The maximum absolute atomic E-state index is 12.3. The summed E-state index contributed by atoms with van der Waals surface area (Å²) in [5.41, 5.74) is 2.01. The lowest BCUT2D eigenvalue weighted by Crippen LogP contribution is -2.36. The first-order valence-corrected chi connectivity index (χ1v) is 7.20. The van der Waals surface area contributed by atoms with Crippen molar-refractivity contribution < 1.29 is 14.3 Å². The van der Waals surface area contributed by atoms with Crippen molar-refractivity contribution in [3.63, 3.8) is 0 Å². The van der Waals surface area contributed by atoms with Crippen molar-refractivity contribution in [2.45, 2.75) is 52.2 Å². The van der Waals surface area contributed by atoms with Gasteiger partial charge in [0.25, 0.3) is 5.91 Å². The third-order valence-electron chi connectivity index (χ3n) is 3.16. The third-order valence-corrected chi connectivity index (χ3v) is 3.16. The van der Waals surface area contributed by atoms with Gasteiger partial charge in [-0.3, -0.25) is 9.59 Å². The van der Waals surface area contributed by atoms with Gasteiger partial charge in [0, 0.05) is 11.4 Å². The van der Waals surface area contributed by atoms with Gasteiger partial charge in [-0.15, -0.1) is 0 Å². The van der Waals surface area contributed by atoms with Crippen LogP contribution in [-0.2, 0) is 20.7 Å². The molecule has 5 nitrogen and oxygen atoms in total. The van der Waals surface area contributed by atoms with Crippen LogP contribution in [0.1, 0.15) is 39.7 Å². The highest BCUT2D eigenvalue weighted by Crippen LogP contribution is 2.26. The quantitative estimate of drug-likeness (QED) is 0.896. The van der Waals surface area contributed by atoms with E-state index in [2.05, 4.69) is 10.6 Å². The highest BCUT2D eigenvalue weighted by Gasteiger charge is 2.24. The number of amides is 2. The highest BCUT2D eigenvalue weighted by atomic mass is 16.5. The van der Waals surface area contributed by atoms with Crippen LogP contribution in [0.4, 0.5) is 11.4 Å². The summed E-state index contributed by atoms with van der Waals surface area (Å²) >= 11 is 0. The molecule has 1 aromatic rings. The molecule has 0 saturated carbocycles. The molecule has 0 fully saturated rings. The van der Waals surface area contributed by atoms with Gasteiger partial charge >= 0.3 is 0 Å². The second-order valence-corrected chi connectivity index (χ2v) is 6.21. The van der Waals surface area contributed by atoms with E-state index in [1.165, 1.54) is 0 Å². The smallest absolute Gasteiger partial charge is 0.253 e. The van der Waals surface area contributed by atoms with Crippen LogP contribution in [0.5, 0.6) is 0 Å². The number of nitrogens with one attached hydrogen (secondary N) is 2. The first kappa shape index (κ1) is 15.5. The number of benzene rings is 1. The van der Waals surface area contributed by atoms with Crippen LogP contribution in [0.15, 0.2) is 18.2 Å². The topological polar surface area (TPSA) is 67.4 Å². The average Bonchev–Trinajstić information content (AvgIpc) is 2.74. The molecule has 1 aromatic carbocycles. The lowest BCUT2D eigenvalue weighted by Gasteiger charge is -2.26. The number of rotatable bonds is 4. The Bertz CT molecular complexity index is 561. The molecule has 2 amide bonds. The fraction of sp³-hybridized carbons (Fsp3) is 0.500. The zero-order valence-corrected chi connectivity index (χ0v) is 12.9. The van der Waals surface area contributed by atoms with E-state index in [1.54, 1.807) is 12.1 Å². The van der Waals surface area contributed by atoms with E-state index in [-0.39, 0.29) is 17.4 Å². The van der Waals surface area contributed by atoms with Crippen molar-refractivity contribution in [3.8, 4) is 0 Å². The molecule has 1 heterocycles. The van der Waals surface area contributed by atoms with Gasteiger partial charge in [-0.2, -0.15) is 0 Å². The van der Waals surface area contributed by atoms with E-state index in [9.17, 15) is 9.59 Å². The van der Waals surface area contributed by atoms with E-state index < -0.39 is 6.10 Å². The molecule has 2 N–H and O–H groups in total. The van der Waals surface area contributed by atoms with E-state index >= 15 is 0 Å². The van der Waals surface area contributed by atoms with Crippen molar-refractivity contribution in [1.82, 2.24) is 0 Å². The Balaban J connectivity index is 2.06. The number of carbonyl (C=O) groups is 2. The molecular weight excluding hydrogens is 268 g/mol. The van der Waals surface area contributed by atoms with E-state index in [0.29, 0.717) is 18.5 Å². The minimum Gasteiger partial charge on any atom is -0.363 e. The molecule has 1 unspecified atom stereocenters. The minimum absolute atomic E-state index is 0.0176. The maximum Gasteiger partial charge on any atom is 0.253 e. The molecule has 5 heteroatoms. The second kappa shape index (κ2) is 5.85. The van der Waals surface area contributed by atoms with Gasteiger partial charge < -0.3 is 15.4 Å². The van der Waals surface area contributed by atoms with E-state index in [0.717, 1.165) is 11.3 Å². The molecule has 0 aliphatic carbocycles. The Morgan fingerprint density at radius 3 is 2.76 bits per heavy atom. The molecule has 2 rings (SSSR count). The van der Waals surface area contributed by atoms with Crippen LogP contribution in [-0.4, -0.2) is 23.5 Å². The first-order valence-electron chi connectivity index (χ1n) is 7.20. The van der Waals surface area contributed by atoms with E-state index in [1.807, 2.05) is 33.8 Å². The van der Waals surface area contributed by atoms with Crippen LogP contribution < -0.4 is 10.6 Å². The second-order valence-electron chi connectivity index (χ2n) is 6.21. The predicted molar refractivity (Wildman–Crippen MR) is 82.3 cm³/mol. The lowest BCUT2D eigenvalue weighted by molar-refractivity contribution is -0.137. The van der Waals surface area contributed by atoms with E-state index in [4.69, 9.17) is 4.74 Å². The molecular formula is C16H22N2O3. The summed E-state index contributed by atoms with van der Waals surface area (Å²) in [7, 11) is 0. The first-order chi connectivity index (χ1) is 9.78. The predicted octanol–water partition coefficient (Wildman–Crippen LogP) is 2.71. The molecule has 1 aliphatic rings. The summed E-state index contributed by atoms with van der Waals surface area (Å²) < 4.78 is 5.75. The van der Waals surface area contributed by atoms with Crippen LogP contribution >= 0.6 is 0 Å². The summed E-state index contributed by atoms with van der Waals surface area (Å²) in [6, 6.07) is 5.44. The van der Waals surface area contributed by atoms with Gasteiger partial charge in [-0.05, 0) is 44.9 Å². The maximum atomic E-state index is 12.3. The van der Waals surface area contributed by atoms with Gasteiger partial charge in [-0.25, -0.2) is 0 Å². The lowest BCUT2D eigenvalue weighted by atomic mass is 10.1. The monoisotopic (exact) mass is 290 g/mol. The number of fused-ring (bicyclic) bond motifs is 1. The molecule has 0 spiro atoms. The van der Waals surface area contributed by atoms with Crippen molar-refractivity contribution in [3.05, 3.63) is 23.8 Å². The Morgan fingerprint density at radius 1 is 1.43 bits per heavy atom. The fourth-order valence-electron chi connectivity index (χ4n) is 2.26. The van der Waals surface area contributed by atoms with Crippen molar-refractivity contribution in [2.24, 2.45) is 0 Å². The van der Waals surface area contributed by atoms with Gasteiger partial charge in [0.2, 0.25) is 5.91 Å². The Labute approximate surface area is 125 Å². The molecule has 0 saturated heterocycles. The van der Waals surface area contributed by atoms with Crippen LogP contribution in [0.3, 0.4) is 0 Å². The summed E-state index contributed by atoms with van der Waals surface area (Å²) in [6.45, 7) is 7.69. The molecule has 0 bridgehead atoms. The van der Waals surface area contributed by atoms with Crippen molar-refractivity contribution >= 4 is 23.2 Å². The third kappa shape index (κ3) is 4.04. The Kier molecular flexibility index (Phi) is 4.32. The zero-order valence-electron chi connectivity index (χ0n) is 12.9. The van der Waals surface area contributed by atoms with Crippen molar-refractivity contribution in [2.75, 3.05) is 10.6 Å². The van der Waals surface area contributed by atoms with Crippen LogP contribution in [0.25, 0.3) is 0 Å². The molecule has 1 atom stereocenters. The summed E-state index contributed by atoms with van der Waals surface area (Å²) in [6.07, 6.45) is 0.506. The SMILES string of the molecule is CCC(OC(C)(C)C)C(=O)Nc1ccc2c(c1)NC(=O)C2. The molecule has 0 aromatic heterocycles. The minimum atomic E-state index is -0.493. The summed E-state index contributed by atoms with van der Waals surface area (Å²) in [5.74, 6) is -0.187. The summed E-state index contributed by atoms with van der Waals surface area (Å²) in [5, 5.41) is 5.62. The number of hydrogen-bond acceptors (Lipinski definition) is 3. The molecule has 0 radical (unpaired) electrons. The molecule has 114 valence electrons. The number of ether oxygens (including phenoxy) is 1. The van der Waals surface area contributed by atoms with Crippen LogP contribution in [0.2, 0.25) is 0 Å². The van der Waals surface area contributed by atoms with Gasteiger partial charge in [0.1, 0.15) is 6.10 Å². The van der Waals surface area contributed by atoms with Gasteiger partial charge in [-0.1, -0.05) is 13.0 Å². The van der Waals surface area contributed by atoms with Crippen LogP contribution in [0, 0.1) is 0 Å². The highest BCUT2D eigenvalue weighted by molar-refractivity contribution is 6.01. The number of anilines is 2. The van der Waals surface area contributed by atoms with Crippen molar-refractivity contribution in [1.29, 1.82) is 0 Å². The fourth-order valence-corrected chi connectivity index (χ4v) is 2.26. The molecule has 21 heavy (non-hydrogen) atoms. The largest absolute Gasteiger partial charge is 0.363 e. The Hall–Kier alpha value is -1.88. The standard InChI is InChI=1S/C16H22N2O3/c1-5-13(21-16(2,3)4)15(20)17-11-7-6-10-8-14(19)18-12(10)9-11/h6-7,9,13H,5,8H2,1-4H3,(H,17,20)(H,18,19). The normalized spacial score (nSPS) is 15.3.